The van der Waals surface area contributed by atoms with Crippen molar-refractivity contribution in [3.63, 3.8) is 0 Å². The maximum Gasteiger partial charge on any atom is 0.304 e. The van der Waals surface area contributed by atoms with Gasteiger partial charge in [-0.2, -0.15) is 0 Å². The fourth-order valence-electron chi connectivity index (χ4n) is 1.38. The number of hydrogen-bond acceptors (Lipinski definition) is 8. The standard InChI is InChI=1S/C9H10N4O5S2/c1-10-9-7(13(14)15)4-8(19-9)20(16,17)12-5-6-2-3-11-18-6/h2-4,10,12H,5H2,1H3. The molecule has 2 rings (SSSR count). The third-order valence-corrected chi connectivity index (χ3v) is 5.32. The molecule has 0 spiro atoms. The lowest BCUT2D eigenvalue weighted by atomic mass is 10.5. The Hall–Kier alpha value is -1.98. The van der Waals surface area contributed by atoms with Gasteiger partial charge < -0.3 is 9.84 Å². The Balaban J connectivity index is 2.23. The Kier molecular flexibility index (Phi) is 4.01. The first kappa shape index (κ1) is 14.4. The summed E-state index contributed by atoms with van der Waals surface area (Å²) in [5.41, 5.74) is -0.280. The van der Waals surface area contributed by atoms with Crippen molar-refractivity contribution >= 4 is 32.0 Å². The van der Waals surface area contributed by atoms with E-state index in [2.05, 4.69) is 15.2 Å². The smallest absolute Gasteiger partial charge is 0.304 e. The van der Waals surface area contributed by atoms with Gasteiger partial charge in [0.25, 0.3) is 10.0 Å². The maximum atomic E-state index is 12.0. The predicted molar refractivity (Wildman–Crippen MR) is 71.0 cm³/mol. The topological polar surface area (TPSA) is 127 Å². The molecule has 0 aliphatic rings. The molecule has 0 saturated heterocycles. The van der Waals surface area contributed by atoms with Crippen LogP contribution >= 0.6 is 11.3 Å². The summed E-state index contributed by atoms with van der Waals surface area (Å²) in [6.45, 7) is -0.0804. The van der Waals surface area contributed by atoms with E-state index in [1.165, 1.54) is 19.3 Å². The first-order chi connectivity index (χ1) is 9.44. The van der Waals surface area contributed by atoms with Gasteiger partial charge in [-0.05, 0) is 0 Å². The molecule has 108 valence electrons. The second-order valence-corrected chi connectivity index (χ2v) is 6.64. The van der Waals surface area contributed by atoms with E-state index in [-0.39, 0.29) is 21.4 Å². The summed E-state index contributed by atoms with van der Waals surface area (Å²) in [7, 11) is -2.36. The van der Waals surface area contributed by atoms with Crippen LogP contribution in [0.4, 0.5) is 10.7 Å². The van der Waals surface area contributed by atoms with E-state index >= 15 is 0 Å². The van der Waals surface area contributed by atoms with E-state index in [0.29, 0.717) is 5.76 Å². The average molecular weight is 318 g/mol. The first-order valence-corrected chi connectivity index (χ1v) is 7.59. The molecular weight excluding hydrogens is 308 g/mol. The summed E-state index contributed by atoms with van der Waals surface area (Å²) in [6.07, 6.45) is 1.39. The number of sulfonamides is 1. The van der Waals surface area contributed by atoms with E-state index in [9.17, 15) is 18.5 Å². The molecular formula is C9H10N4O5S2. The Labute approximate surface area is 117 Å². The lowest BCUT2D eigenvalue weighted by Gasteiger charge is -2.01. The van der Waals surface area contributed by atoms with Gasteiger partial charge in [-0.1, -0.05) is 16.5 Å². The van der Waals surface area contributed by atoms with Crippen molar-refractivity contribution in [2.45, 2.75) is 10.8 Å². The highest BCUT2D eigenvalue weighted by atomic mass is 32.2. The molecule has 0 saturated carbocycles. The van der Waals surface area contributed by atoms with Crippen LogP contribution in [-0.2, 0) is 16.6 Å². The molecule has 9 nitrogen and oxygen atoms in total. The SMILES string of the molecule is CNc1sc(S(=O)(=O)NCc2ccno2)cc1[N+](=O)[O-]. The molecule has 2 heterocycles. The van der Waals surface area contributed by atoms with Crippen LogP contribution in [0.2, 0.25) is 0 Å². The molecule has 2 N–H and O–H groups in total. The molecule has 0 amide bonds. The molecule has 0 fully saturated rings. The largest absolute Gasteiger partial charge is 0.374 e. The van der Waals surface area contributed by atoms with Gasteiger partial charge >= 0.3 is 5.69 Å². The van der Waals surface area contributed by atoms with E-state index < -0.39 is 14.9 Å². The highest BCUT2D eigenvalue weighted by molar-refractivity contribution is 7.91. The van der Waals surface area contributed by atoms with Crippen LogP contribution < -0.4 is 10.0 Å². The van der Waals surface area contributed by atoms with Gasteiger partial charge in [0.15, 0.2) is 10.8 Å². The number of thiophene rings is 1. The van der Waals surface area contributed by atoms with Crippen molar-refractivity contribution in [2.24, 2.45) is 0 Å². The zero-order chi connectivity index (χ0) is 14.8. The average Bonchev–Trinajstić information content (AvgIpc) is 3.05. The highest BCUT2D eigenvalue weighted by Crippen LogP contribution is 2.36. The Morgan fingerprint density at radius 1 is 1.55 bits per heavy atom. The van der Waals surface area contributed by atoms with E-state index in [4.69, 9.17) is 4.52 Å². The first-order valence-electron chi connectivity index (χ1n) is 5.29. The van der Waals surface area contributed by atoms with Crippen LogP contribution in [0.5, 0.6) is 0 Å². The second-order valence-electron chi connectivity index (χ2n) is 3.59. The Bertz CT molecular complexity index is 707. The van der Waals surface area contributed by atoms with Crippen LogP contribution in [0.15, 0.2) is 27.1 Å². The molecule has 0 aliphatic carbocycles. The van der Waals surface area contributed by atoms with Gasteiger partial charge in [0.05, 0.1) is 17.7 Å². The summed E-state index contributed by atoms with van der Waals surface area (Å²) in [5.74, 6) is 0.341. The summed E-state index contributed by atoms with van der Waals surface area (Å²) >= 11 is 0.782. The minimum absolute atomic E-state index is 0.0804. The predicted octanol–water partition coefficient (Wildman–Crippen LogP) is 1.16. The zero-order valence-electron chi connectivity index (χ0n) is 10.2. The zero-order valence-corrected chi connectivity index (χ0v) is 11.8. The van der Waals surface area contributed by atoms with Crippen LogP contribution in [0.3, 0.4) is 0 Å². The number of nitrogens with one attached hydrogen (secondary N) is 2. The van der Waals surface area contributed by atoms with Gasteiger partial charge in [0, 0.05) is 19.2 Å². The van der Waals surface area contributed by atoms with Crippen molar-refractivity contribution in [3.8, 4) is 0 Å². The lowest BCUT2D eigenvalue weighted by Crippen LogP contribution is -2.22. The number of rotatable bonds is 6. The van der Waals surface area contributed by atoms with Crippen LogP contribution in [0.25, 0.3) is 0 Å². The van der Waals surface area contributed by atoms with Crippen molar-refractivity contribution in [3.05, 3.63) is 34.2 Å². The highest BCUT2D eigenvalue weighted by Gasteiger charge is 2.25. The molecule has 0 unspecified atom stereocenters. The third-order valence-electron chi connectivity index (χ3n) is 2.31. The van der Waals surface area contributed by atoms with Crippen molar-refractivity contribution in [2.75, 3.05) is 12.4 Å². The molecule has 0 atom stereocenters. The van der Waals surface area contributed by atoms with Crippen LogP contribution in [0, 0.1) is 10.1 Å². The van der Waals surface area contributed by atoms with Crippen LogP contribution in [-0.4, -0.2) is 25.5 Å². The summed E-state index contributed by atoms with van der Waals surface area (Å²) < 4.78 is 30.9. The normalized spacial score (nSPS) is 11.4. The van der Waals surface area contributed by atoms with E-state index in [0.717, 1.165) is 17.4 Å². The quantitative estimate of drug-likeness (QED) is 0.604. The molecule has 2 aromatic heterocycles. The Morgan fingerprint density at radius 2 is 2.30 bits per heavy atom. The minimum atomic E-state index is -3.85. The van der Waals surface area contributed by atoms with Crippen molar-refractivity contribution in [1.82, 2.24) is 9.88 Å². The molecule has 0 aromatic carbocycles. The van der Waals surface area contributed by atoms with Crippen LogP contribution in [0.1, 0.15) is 5.76 Å². The maximum absolute atomic E-state index is 12.0. The van der Waals surface area contributed by atoms with Gasteiger partial charge in [0.2, 0.25) is 0 Å². The number of nitro groups is 1. The van der Waals surface area contributed by atoms with Crippen molar-refractivity contribution in [1.29, 1.82) is 0 Å². The fourth-order valence-corrected chi connectivity index (χ4v) is 3.70. The summed E-state index contributed by atoms with van der Waals surface area (Å²) in [5, 5.41) is 17.0. The number of hydrogen-bond donors (Lipinski definition) is 2. The monoisotopic (exact) mass is 318 g/mol. The number of aromatic nitrogens is 1. The summed E-state index contributed by atoms with van der Waals surface area (Å²) in [6, 6.07) is 2.53. The molecule has 2 aromatic rings. The minimum Gasteiger partial charge on any atom is -0.374 e. The Morgan fingerprint density at radius 3 is 2.80 bits per heavy atom. The molecule has 0 bridgehead atoms. The van der Waals surface area contributed by atoms with Gasteiger partial charge in [-0.3, -0.25) is 10.1 Å². The molecule has 0 radical (unpaired) electrons. The third kappa shape index (κ3) is 2.95. The van der Waals surface area contributed by atoms with Gasteiger partial charge in [-0.15, -0.1) is 0 Å². The van der Waals surface area contributed by atoms with Gasteiger partial charge in [0.1, 0.15) is 4.21 Å². The number of anilines is 1. The second kappa shape index (κ2) is 5.56. The molecule has 11 heteroatoms. The van der Waals surface area contributed by atoms with Gasteiger partial charge in [-0.25, -0.2) is 13.1 Å². The lowest BCUT2D eigenvalue weighted by molar-refractivity contribution is -0.383. The fraction of sp³-hybridized carbons (Fsp3) is 0.222. The number of nitrogens with zero attached hydrogens (tertiary/aromatic N) is 2. The molecule has 20 heavy (non-hydrogen) atoms. The van der Waals surface area contributed by atoms with E-state index in [1.54, 1.807) is 0 Å². The summed E-state index contributed by atoms with van der Waals surface area (Å²) in [4.78, 5) is 10.2. The molecule has 0 aliphatic heterocycles. The van der Waals surface area contributed by atoms with E-state index in [1.807, 2.05) is 0 Å². The van der Waals surface area contributed by atoms with Crippen molar-refractivity contribution < 1.29 is 17.9 Å².